The van der Waals surface area contributed by atoms with Crippen molar-refractivity contribution in [1.29, 1.82) is 0 Å². The molecule has 2 atom stereocenters. The minimum Gasteiger partial charge on any atom is -0.355 e. The van der Waals surface area contributed by atoms with Gasteiger partial charge in [-0.25, -0.2) is 0 Å². The summed E-state index contributed by atoms with van der Waals surface area (Å²) in [6.45, 7) is 6.70. The minimum atomic E-state index is -0.182. The van der Waals surface area contributed by atoms with Crippen molar-refractivity contribution in [2.45, 2.75) is 71.1 Å². The molecular formula is C21H33ClN4O3. The Labute approximate surface area is 178 Å². The Hall–Kier alpha value is -2.12. The van der Waals surface area contributed by atoms with Crippen LogP contribution in [-0.4, -0.2) is 47.8 Å². The number of amides is 3. The zero-order valence-electron chi connectivity index (χ0n) is 17.5. The lowest BCUT2D eigenvalue weighted by molar-refractivity contribution is -0.135. The van der Waals surface area contributed by atoms with Crippen molar-refractivity contribution in [2.75, 3.05) is 6.54 Å². The molecule has 0 spiro atoms. The number of likely N-dealkylation sites (tertiary alicyclic amines) is 1. The summed E-state index contributed by atoms with van der Waals surface area (Å²) in [6.07, 6.45) is 3.80. The summed E-state index contributed by atoms with van der Waals surface area (Å²) in [6, 6.07) is 7.81. The highest BCUT2D eigenvalue weighted by Gasteiger charge is 2.31. The average Bonchev–Trinajstić information content (AvgIpc) is 2.84. The zero-order chi connectivity index (χ0) is 21.8. The van der Waals surface area contributed by atoms with Gasteiger partial charge in [-0.2, -0.15) is 0 Å². The maximum atomic E-state index is 12.2. The van der Waals surface area contributed by atoms with E-state index in [1.807, 2.05) is 36.9 Å². The van der Waals surface area contributed by atoms with Crippen LogP contribution in [0.3, 0.4) is 0 Å². The molecule has 0 bridgehead atoms. The Morgan fingerprint density at radius 3 is 2.66 bits per heavy atom. The van der Waals surface area contributed by atoms with Gasteiger partial charge in [0, 0.05) is 36.1 Å². The molecule has 29 heavy (non-hydrogen) atoms. The molecule has 1 heterocycles. The molecule has 4 N–H and O–H groups in total. The zero-order valence-corrected chi connectivity index (χ0v) is 18.2. The highest BCUT2D eigenvalue weighted by atomic mass is 35.5. The number of carbonyl (C=O) groups excluding carboxylic acids is 3. The molecule has 0 saturated carbocycles. The van der Waals surface area contributed by atoms with Crippen LogP contribution in [-0.2, 0) is 20.9 Å². The smallest absolute Gasteiger partial charge is 0.233 e. The number of nitrogens with two attached hydrogens (primary N) is 1. The van der Waals surface area contributed by atoms with Crippen LogP contribution in [0.25, 0.3) is 0 Å². The van der Waals surface area contributed by atoms with Crippen molar-refractivity contribution in [3.8, 4) is 0 Å². The molecule has 1 saturated heterocycles. The lowest BCUT2D eigenvalue weighted by Crippen LogP contribution is -2.44. The summed E-state index contributed by atoms with van der Waals surface area (Å²) in [5.74, 6) is -0.0458. The number of halogens is 1. The number of carbonyl (C=O) groups is 3. The van der Waals surface area contributed by atoms with Crippen LogP contribution in [0, 0.1) is 0 Å². The van der Waals surface area contributed by atoms with Gasteiger partial charge in [-0.1, -0.05) is 30.7 Å². The quantitative estimate of drug-likeness (QED) is 0.583. The van der Waals surface area contributed by atoms with Gasteiger partial charge in [0.25, 0.3) is 0 Å². The van der Waals surface area contributed by atoms with Gasteiger partial charge in [0.15, 0.2) is 0 Å². The molecule has 8 heteroatoms. The van der Waals surface area contributed by atoms with E-state index < -0.39 is 0 Å². The fraction of sp³-hybridized carbons (Fsp3) is 0.571. The van der Waals surface area contributed by atoms with Gasteiger partial charge in [-0.15, -0.1) is 0 Å². The van der Waals surface area contributed by atoms with Gasteiger partial charge in [-0.3, -0.25) is 14.4 Å². The molecule has 3 amide bonds. The topological polar surface area (TPSA) is 105 Å². The van der Waals surface area contributed by atoms with Crippen LogP contribution in [0.4, 0.5) is 0 Å². The summed E-state index contributed by atoms with van der Waals surface area (Å²) in [4.78, 5) is 35.4. The number of hydrogen-bond acceptors (Lipinski definition) is 4. The van der Waals surface area contributed by atoms with E-state index in [2.05, 4.69) is 17.6 Å². The maximum Gasteiger partial charge on any atom is 0.233 e. The monoisotopic (exact) mass is 424 g/mol. The molecule has 1 unspecified atom stereocenters. The molecule has 1 aromatic rings. The van der Waals surface area contributed by atoms with E-state index in [0.29, 0.717) is 24.4 Å². The van der Waals surface area contributed by atoms with E-state index in [9.17, 15) is 14.4 Å². The Balaban J connectivity index is 0.000000326. The lowest BCUT2D eigenvalue weighted by Gasteiger charge is -2.33. The molecule has 0 radical (unpaired) electrons. The molecule has 1 fully saturated rings. The fourth-order valence-electron chi connectivity index (χ4n) is 3.48. The SMILES string of the molecule is CCC1CC[C@H](NC(=O)CN)CC(=O)N1C(C)C.O=CNCc1cccc(Cl)c1. The van der Waals surface area contributed by atoms with Crippen LogP contribution in [0.15, 0.2) is 24.3 Å². The van der Waals surface area contributed by atoms with Gasteiger partial charge in [0.05, 0.1) is 6.54 Å². The second-order valence-electron chi connectivity index (χ2n) is 7.34. The lowest BCUT2D eigenvalue weighted by atomic mass is 10.0. The van der Waals surface area contributed by atoms with Gasteiger partial charge in [0.2, 0.25) is 18.2 Å². The Morgan fingerprint density at radius 2 is 2.10 bits per heavy atom. The van der Waals surface area contributed by atoms with E-state index in [1.54, 1.807) is 6.07 Å². The highest BCUT2D eigenvalue weighted by Crippen LogP contribution is 2.22. The summed E-state index contributed by atoms with van der Waals surface area (Å²) < 4.78 is 0. The van der Waals surface area contributed by atoms with E-state index in [-0.39, 0.29) is 36.5 Å². The van der Waals surface area contributed by atoms with Crippen LogP contribution >= 0.6 is 11.6 Å². The first-order valence-electron chi connectivity index (χ1n) is 10.0. The van der Waals surface area contributed by atoms with Crippen molar-refractivity contribution in [3.05, 3.63) is 34.9 Å². The first-order chi connectivity index (χ1) is 13.8. The van der Waals surface area contributed by atoms with E-state index in [4.69, 9.17) is 17.3 Å². The largest absolute Gasteiger partial charge is 0.355 e. The Bertz CT molecular complexity index is 669. The normalized spacial score (nSPS) is 19.1. The maximum absolute atomic E-state index is 12.2. The first kappa shape index (κ1) is 24.9. The molecule has 162 valence electrons. The minimum absolute atomic E-state index is 0.0181. The van der Waals surface area contributed by atoms with Crippen LogP contribution in [0.2, 0.25) is 5.02 Å². The molecule has 1 aliphatic rings. The van der Waals surface area contributed by atoms with Crippen molar-refractivity contribution >= 4 is 29.8 Å². The van der Waals surface area contributed by atoms with Crippen molar-refractivity contribution in [3.63, 3.8) is 0 Å². The predicted octanol–water partition coefficient (Wildman–Crippen LogP) is 2.22. The number of nitrogens with zero attached hydrogens (tertiary/aromatic N) is 1. The third kappa shape index (κ3) is 8.83. The molecule has 0 aromatic heterocycles. The van der Waals surface area contributed by atoms with Crippen LogP contribution < -0.4 is 16.4 Å². The number of hydrogen-bond donors (Lipinski definition) is 3. The van der Waals surface area contributed by atoms with Crippen molar-refractivity contribution < 1.29 is 14.4 Å². The molecule has 1 aromatic carbocycles. The van der Waals surface area contributed by atoms with Gasteiger partial charge in [0.1, 0.15) is 0 Å². The Kier molecular flexibility index (Phi) is 11.3. The molecular weight excluding hydrogens is 392 g/mol. The van der Waals surface area contributed by atoms with Crippen LogP contribution in [0.1, 0.15) is 52.0 Å². The number of nitrogens with one attached hydrogen (secondary N) is 2. The summed E-state index contributed by atoms with van der Waals surface area (Å²) >= 11 is 5.71. The highest BCUT2D eigenvalue weighted by molar-refractivity contribution is 6.30. The Morgan fingerprint density at radius 1 is 1.38 bits per heavy atom. The van der Waals surface area contributed by atoms with E-state index >= 15 is 0 Å². The molecule has 7 nitrogen and oxygen atoms in total. The molecule has 1 aliphatic heterocycles. The standard InChI is InChI=1S/C13H25N3O2.C8H8ClNO/c1-4-11-6-5-10(15-12(17)8-14)7-13(18)16(11)9(2)3;9-8-3-1-2-7(4-8)5-10-6-11/h9-11H,4-8,14H2,1-3H3,(H,15,17);1-4,6H,5H2,(H,10,11)/t10-,11?;/m0./s1. The van der Waals surface area contributed by atoms with E-state index in [1.165, 1.54) is 0 Å². The first-order valence-corrected chi connectivity index (χ1v) is 10.4. The fourth-order valence-corrected chi connectivity index (χ4v) is 3.69. The summed E-state index contributed by atoms with van der Waals surface area (Å²) in [5, 5.41) is 6.07. The second kappa shape index (κ2) is 13.2. The average molecular weight is 425 g/mol. The molecule has 0 aliphatic carbocycles. The van der Waals surface area contributed by atoms with Gasteiger partial charge < -0.3 is 21.3 Å². The third-order valence-electron chi connectivity index (χ3n) is 4.81. The number of benzene rings is 1. The van der Waals surface area contributed by atoms with Crippen molar-refractivity contribution in [1.82, 2.24) is 15.5 Å². The number of rotatable bonds is 7. The van der Waals surface area contributed by atoms with Gasteiger partial charge in [-0.05, 0) is 50.8 Å². The van der Waals surface area contributed by atoms with E-state index in [0.717, 1.165) is 24.8 Å². The summed E-state index contributed by atoms with van der Waals surface area (Å²) in [7, 11) is 0. The van der Waals surface area contributed by atoms with Crippen LogP contribution in [0.5, 0.6) is 0 Å². The summed E-state index contributed by atoms with van der Waals surface area (Å²) in [5.41, 5.74) is 6.29. The van der Waals surface area contributed by atoms with Gasteiger partial charge >= 0.3 is 0 Å². The predicted molar refractivity (Wildman–Crippen MR) is 115 cm³/mol. The van der Waals surface area contributed by atoms with Crippen molar-refractivity contribution in [2.24, 2.45) is 5.73 Å². The molecule has 2 rings (SSSR count). The second-order valence-corrected chi connectivity index (χ2v) is 7.77. The third-order valence-corrected chi connectivity index (χ3v) is 5.04.